The summed E-state index contributed by atoms with van der Waals surface area (Å²) in [5.74, 6) is 0.0446. The third kappa shape index (κ3) is 4.32. The first-order valence-electron chi connectivity index (χ1n) is 9.52. The third-order valence-electron chi connectivity index (χ3n) is 5.38. The van der Waals surface area contributed by atoms with E-state index in [1.54, 1.807) is 0 Å². The van der Waals surface area contributed by atoms with E-state index >= 15 is 0 Å². The molecule has 0 saturated carbocycles. The Morgan fingerprint density at radius 1 is 1.20 bits per heavy atom. The van der Waals surface area contributed by atoms with Crippen LogP contribution in [0.25, 0.3) is 0 Å². The van der Waals surface area contributed by atoms with Crippen LogP contribution >= 0.6 is 12.2 Å². The maximum atomic E-state index is 12.5. The van der Waals surface area contributed by atoms with Crippen LogP contribution in [0.5, 0.6) is 0 Å². The van der Waals surface area contributed by atoms with Crippen LogP contribution in [-0.4, -0.2) is 40.6 Å². The number of aryl methyl sites for hydroxylation is 1. The fraction of sp³-hybridized carbons (Fsp3) is 0.600. The second-order valence-electron chi connectivity index (χ2n) is 7.39. The normalized spacial score (nSPS) is 25.4. The van der Waals surface area contributed by atoms with Crippen molar-refractivity contribution in [3.05, 3.63) is 35.4 Å². The molecule has 2 atom stereocenters. The molecule has 2 aliphatic rings. The first-order chi connectivity index (χ1) is 12.1. The molecule has 25 heavy (non-hydrogen) atoms. The molecule has 2 aliphatic heterocycles. The molecule has 0 spiro atoms. The Hall–Kier alpha value is -1.62. The molecular weight excluding hydrogens is 330 g/mol. The molecule has 1 amide bonds. The Morgan fingerprint density at radius 3 is 2.44 bits per heavy atom. The summed E-state index contributed by atoms with van der Waals surface area (Å²) >= 11 is 5.64. The number of hydrogen-bond acceptors (Lipinski definition) is 2. The number of hydrogen-bond donors (Lipinski definition) is 2. The maximum Gasteiger partial charge on any atom is 0.251 e. The number of thiocarbonyl (C=S) groups is 1. The fourth-order valence-electron chi connectivity index (χ4n) is 4.13. The van der Waals surface area contributed by atoms with E-state index in [-0.39, 0.29) is 11.9 Å². The summed E-state index contributed by atoms with van der Waals surface area (Å²) in [6.45, 7) is 5.12. The molecule has 0 aromatic heterocycles. The minimum absolute atomic E-state index is 0.0446. The van der Waals surface area contributed by atoms with E-state index in [0.29, 0.717) is 12.1 Å². The van der Waals surface area contributed by atoms with Gasteiger partial charge in [0.25, 0.3) is 5.91 Å². The summed E-state index contributed by atoms with van der Waals surface area (Å²) < 4.78 is 0. The van der Waals surface area contributed by atoms with E-state index in [9.17, 15) is 4.79 Å². The van der Waals surface area contributed by atoms with Crippen LogP contribution in [0.15, 0.2) is 24.3 Å². The van der Waals surface area contributed by atoms with Gasteiger partial charge in [-0.15, -0.1) is 0 Å². The highest BCUT2D eigenvalue weighted by Gasteiger charge is 2.39. The van der Waals surface area contributed by atoms with Gasteiger partial charge in [-0.25, -0.2) is 0 Å². The molecule has 5 heteroatoms. The highest BCUT2D eigenvalue weighted by molar-refractivity contribution is 7.80. The Balaban J connectivity index is 1.62. The largest absolute Gasteiger partial charge is 0.363 e. The number of rotatable bonds is 4. The van der Waals surface area contributed by atoms with Gasteiger partial charge in [0, 0.05) is 30.2 Å². The standard InChI is InChI=1S/C20H29N3OS/c1-3-11-21-20(25)23-17-5-4-6-18(23)13-16(12-17)22-19(24)15-9-7-14(2)8-10-15/h7-10,16-18H,3-6,11-13H2,1-2H3,(H,21,25)(H,22,24). The van der Waals surface area contributed by atoms with Crippen molar-refractivity contribution in [2.24, 2.45) is 0 Å². The Kier molecular flexibility index (Phi) is 5.94. The number of piperidine rings is 2. The van der Waals surface area contributed by atoms with Crippen molar-refractivity contribution in [1.82, 2.24) is 15.5 Å². The molecule has 136 valence electrons. The van der Waals surface area contributed by atoms with Crippen LogP contribution in [-0.2, 0) is 0 Å². The van der Waals surface area contributed by atoms with Crippen molar-refractivity contribution < 1.29 is 4.79 Å². The highest BCUT2D eigenvalue weighted by Crippen LogP contribution is 2.34. The number of fused-ring (bicyclic) bond motifs is 2. The quantitative estimate of drug-likeness (QED) is 0.809. The van der Waals surface area contributed by atoms with E-state index in [1.165, 1.54) is 24.8 Å². The Morgan fingerprint density at radius 2 is 1.84 bits per heavy atom. The van der Waals surface area contributed by atoms with E-state index in [1.807, 2.05) is 31.2 Å². The van der Waals surface area contributed by atoms with Crippen LogP contribution in [0.2, 0.25) is 0 Å². The smallest absolute Gasteiger partial charge is 0.251 e. The lowest BCUT2D eigenvalue weighted by Gasteiger charge is -2.50. The lowest BCUT2D eigenvalue weighted by atomic mass is 9.82. The minimum atomic E-state index is 0.0446. The van der Waals surface area contributed by atoms with E-state index in [4.69, 9.17) is 12.2 Å². The first-order valence-corrected chi connectivity index (χ1v) is 9.93. The van der Waals surface area contributed by atoms with Gasteiger partial charge in [0.2, 0.25) is 0 Å². The predicted octanol–water partition coefficient (Wildman–Crippen LogP) is 3.39. The minimum Gasteiger partial charge on any atom is -0.363 e. The van der Waals surface area contributed by atoms with Crippen LogP contribution in [0.3, 0.4) is 0 Å². The molecule has 2 saturated heterocycles. The Bertz CT molecular complexity index is 602. The molecule has 1 aromatic rings. The number of nitrogens with one attached hydrogen (secondary N) is 2. The van der Waals surface area contributed by atoms with Crippen molar-refractivity contribution in [1.29, 1.82) is 0 Å². The molecule has 1 aromatic carbocycles. The molecule has 2 N–H and O–H groups in total. The van der Waals surface area contributed by atoms with Crippen molar-refractivity contribution >= 4 is 23.2 Å². The molecule has 2 fully saturated rings. The zero-order chi connectivity index (χ0) is 17.8. The van der Waals surface area contributed by atoms with Crippen LogP contribution in [0.1, 0.15) is 61.4 Å². The van der Waals surface area contributed by atoms with Gasteiger partial charge in [-0.05, 0) is 69.8 Å². The average Bonchev–Trinajstić information content (AvgIpc) is 2.59. The molecule has 0 radical (unpaired) electrons. The van der Waals surface area contributed by atoms with Crippen LogP contribution in [0, 0.1) is 6.92 Å². The highest BCUT2D eigenvalue weighted by atomic mass is 32.1. The average molecular weight is 360 g/mol. The zero-order valence-corrected chi connectivity index (χ0v) is 16.1. The molecule has 2 unspecified atom stereocenters. The molecule has 2 heterocycles. The molecule has 3 rings (SSSR count). The summed E-state index contributed by atoms with van der Waals surface area (Å²) in [6.07, 6.45) is 6.66. The number of nitrogens with zero attached hydrogens (tertiary/aromatic N) is 1. The van der Waals surface area contributed by atoms with Crippen LogP contribution in [0.4, 0.5) is 0 Å². The summed E-state index contributed by atoms with van der Waals surface area (Å²) in [7, 11) is 0. The van der Waals surface area contributed by atoms with Crippen molar-refractivity contribution in [2.45, 2.75) is 70.5 Å². The number of benzene rings is 1. The van der Waals surface area contributed by atoms with E-state index in [0.717, 1.165) is 36.5 Å². The molecule has 2 bridgehead atoms. The lowest BCUT2D eigenvalue weighted by molar-refractivity contribution is 0.0740. The predicted molar refractivity (Wildman–Crippen MR) is 106 cm³/mol. The lowest BCUT2D eigenvalue weighted by Crippen LogP contribution is -2.60. The van der Waals surface area contributed by atoms with Crippen LogP contribution < -0.4 is 10.6 Å². The third-order valence-corrected chi connectivity index (χ3v) is 5.74. The first kappa shape index (κ1) is 18.2. The monoisotopic (exact) mass is 359 g/mol. The second kappa shape index (κ2) is 8.17. The van der Waals surface area contributed by atoms with E-state index in [2.05, 4.69) is 22.5 Å². The Labute approximate surface area is 156 Å². The summed E-state index contributed by atoms with van der Waals surface area (Å²) in [6, 6.07) is 8.94. The topological polar surface area (TPSA) is 44.4 Å². The number of amides is 1. The second-order valence-corrected chi connectivity index (χ2v) is 7.77. The van der Waals surface area contributed by atoms with Gasteiger partial charge in [-0.2, -0.15) is 0 Å². The van der Waals surface area contributed by atoms with Gasteiger partial charge < -0.3 is 15.5 Å². The molecule has 0 aliphatic carbocycles. The molecular formula is C20H29N3OS. The number of carbonyl (C=O) groups excluding carboxylic acids is 1. The summed E-state index contributed by atoms with van der Waals surface area (Å²) in [5.41, 5.74) is 1.92. The maximum absolute atomic E-state index is 12.5. The van der Waals surface area contributed by atoms with Gasteiger partial charge >= 0.3 is 0 Å². The SMILES string of the molecule is CCCNC(=S)N1C2CCCC1CC(NC(=O)c1ccc(C)cc1)C2. The van der Waals surface area contributed by atoms with Gasteiger partial charge in [0.1, 0.15) is 0 Å². The fourth-order valence-corrected chi connectivity index (χ4v) is 4.53. The van der Waals surface area contributed by atoms with Gasteiger partial charge in [-0.3, -0.25) is 4.79 Å². The van der Waals surface area contributed by atoms with Crippen molar-refractivity contribution in [3.8, 4) is 0 Å². The summed E-state index contributed by atoms with van der Waals surface area (Å²) in [4.78, 5) is 15.0. The summed E-state index contributed by atoms with van der Waals surface area (Å²) in [5, 5.41) is 7.55. The van der Waals surface area contributed by atoms with Gasteiger partial charge in [-0.1, -0.05) is 24.6 Å². The van der Waals surface area contributed by atoms with Crippen molar-refractivity contribution in [3.63, 3.8) is 0 Å². The van der Waals surface area contributed by atoms with Gasteiger partial charge in [0.15, 0.2) is 5.11 Å². The van der Waals surface area contributed by atoms with Gasteiger partial charge in [0.05, 0.1) is 0 Å². The zero-order valence-electron chi connectivity index (χ0n) is 15.3. The number of carbonyl (C=O) groups is 1. The molecule has 4 nitrogen and oxygen atoms in total. The van der Waals surface area contributed by atoms with Crippen molar-refractivity contribution in [2.75, 3.05) is 6.54 Å². The van der Waals surface area contributed by atoms with E-state index < -0.39 is 0 Å².